The summed E-state index contributed by atoms with van der Waals surface area (Å²) in [6.45, 7) is 0.460. The van der Waals surface area contributed by atoms with Gasteiger partial charge in [-0.15, -0.1) is 0 Å². The Hall–Kier alpha value is -1.55. The number of nitrogens with zero attached hydrogens (tertiary/aromatic N) is 2. The maximum atomic E-state index is 5.59. The van der Waals surface area contributed by atoms with Crippen LogP contribution >= 0.6 is 0 Å². The van der Waals surface area contributed by atoms with E-state index in [1.807, 2.05) is 28.9 Å². The van der Waals surface area contributed by atoms with Crippen molar-refractivity contribution in [2.75, 3.05) is 5.73 Å². The van der Waals surface area contributed by atoms with Crippen LogP contribution in [0.3, 0.4) is 0 Å². The van der Waals surface area contributed by atoms with Crippen LogP contribution in [-0.4, -0.2) is 9.38 Å². The highest BCUT2D eigenvalue weighted by molar-refractivity contribution is 5.52. The van der Waals surface area contributed by atoms with Crippen LogP contribution in [0.2, 0.25) is 0 Å². The molecule has 0 spiro atoms. The average Bonchev–Trinajstić information content (AvgIpc) is 2.46. The lowest BCUT2D eigenvalue weighted by Crippen LogP contribution is -1.95. The zero-order valence-electron chi connectivity index (χ0n) is 6.57. The Labute approximate surface area is 69.8 Å². The van der Waals surface area contributed by atoms with Crippen molar-refractivity contribution in [3.8, 4) is 0 Å². The number of hydrogen-bond acceptors (Lipinski definition) is 3. The minimum Gasteiger partial charge on any atom is -0.399 e. The summed E-state index contributed by atoms with van der Waals surface area (Å²) in [7, 11) is 0. The van der Waals surface area contributed by atoms with Gasteiger partial charge in [0.15, 0.2) is 0 Å². The van der Waals surface area contributed by atoms with Crippen molar-refractivity contribution in [2.45, 2.75) is 6.54 Å². The fourth-order valence-electron chi connectivity index (χ4n) is 1.15. The first-order valence-electron chi connectivity index (χ1n) is 3.73. The van der Waals surface area contributed by atoms with Crippen molar-refractivity contribution < 1.29 is 0 Å². The van der Waals surface area contributed by atoms with Crippen molar-refractivity contribution >= 4 is 11.3 Å². The summed E-state index contributed by atoms with van der Waals surface area (Å²) >= 11 is 0. The van der Waals surface area contributed by atoms with Crippen LogP contribution in [0.5, 0.6) is 0 Å². The zero-order chi connectivity index (χ0) is 8.55. The number of rotatable bonds is 1. The van der Waals surface area contributed by atoms with Gasteiger partial charge in [-0.3, -0.25) is 0 Å². The molecule has 2 rings (SSSR count). The molecule has 0 aliphatic rings. The van der Waals surface area contributed by atoms with Gasteiger partial charge < -0.3 is 15.9 Å². The molecular formula is C8H10N4. The monoisotopic (exact) mass is 162 g/mol. The number of hydrogen-bond donors (Lipinski definition) is 2. The molecule has 2 aromatic rings. The van der Waals surface area contributed by atoms with Crippen LogP contribution in [0.4, 0.5) is 5.69 Å². The number of pyridine rings is 1. The summed E-state index contributed by atoms with van der Waals surface area (Å²) in [6, 6.07) is 3.65. The molecule has 0 saturated carbocycles. The normalized spacial score (nSPS) is 10.8. The quantitative estimate of drug-likeness (QED) is 0.636. The zero-order valence-corrected chi connectivity index (χ0v) is 6.57. The molecule has 0 saturated heterocycles. The minimum absolute atomic E-state index is 0.460. The lowest BCUT2D eigenvalue weighted by atomic mass is 10.4. The molecule has 0 aliphatic heterocycles. The Morgan fingerprint density at radius 1 is 1.50 bits per heavy atom. The second kappa shape index (κ2) is 2.49. The highest BCUT2D eigenvalue weighted by atomic mass is 15.0. The van der Waals surface area contributed by atoms with Gasteiger partial charge in [-0.1, -0.05) is 0 Å². The van der Waals surface area contributed by atoms with Gasteiger partial charge in [0.1, 0.15) is 5.65 Å². The van der Waals surface area contributed by atoms with Crippen LogP contribution in [0.25, 0.3) is 5.65 Å². The molecule has 4 nitrogen and oxygen atoms in total. The van der Waals surface area contributed by atoms with E-state index in [1.54, 1.807) is 0 Å². The Bertz CT molecular complexity index is 404. The third kappa shape index (κ3) is 1.02. The highest BCUT2D eigenvalue weighted by Gasteiger charge is 1.98. The number of nitrogens with two attached hydrogens (primary N) is 2. The summed E-state index contributed by atoms with van der Waals surface area (Å²) in [6.07, 6.45) is 3.77. The van der Waals surface area contributed by atoms with Crippen molar-refractivity contribution in [2.24, 2.45) is 5.73 Å². The molecule has 0 aliphatic carbocycles. The van der Waals surface area contributed by atoms with Crippen LogP contribution in [0, 0.1) is 0 Å². The molecule has 4 heteroatoms. The topological polar surface area (TPSA) is 69.3 Å². The SMILES string of the molecule is NCc1cn2ccc(N)cc2n1. The molecule has 0 radical (unpaired) electrons. The van der Waals surface area contributed by atoms with Gasteiger partial charge in [0.25, 0.3) is 0 Å². The van der Waals surface area contributed by atoms with E-state index in [2.05, 4.69) is 4.98 Å². The summed E-state index contributed by atoms with van der Waals surface area (Å²) < 4.78 is 1.90. The summed E-state index contributed by atoms with van der Waals surface area (Å²) in [4.78, 5) is 4.25. The van der Waals surface area contributed by atoms with Crippen molar-refractivity contribution in [1.82, 2.24) is 9.38 Å². The minimum atomic E-state index is 0.460. The summed E-state index contributed by atoms with van der Waals surface area (Å²) in [5.41, 5.74) is 13.5. The second-order valence-corrected chi connectivity index (χ2v) is 2.66. The molecule has 62 valence electrons. The number of imidazole rings is 1. The maximum absolute atomic E-state index is 5.59. The van der Waals surface area contributed by atoms with E-state index in [-0.39, 0.29) is 0 Å². The summed E-state index contributed by atoms with van der Waals surface area (Å²) in [5, 5.41) is 0. The van der Waals surface area contributed by atoms with Gasteiger partial charge >= 0.3 is 0 Å². The molecule has 0 amide bonds. The predicted octanol–water partition coefficient (Wildman–Crippen LogP) is 0.375. The Morgan fingerprint density at radius 2 is 2.33 bits per heavy atom. The van der Waals surface area contributed by atoms with Crippen LogP contribution in [-0.2, 0) is 6.54 Å². The number of fused-ring (bicyclic) bond motifs is 1. The Morgan fingerprint density at radius 3 is 3.08 bits per heavy atom. The number of anilines is 1. The second-order valence-electron chi connectivity index (χ2n) is 2.66. The fraction of sp³-hybridized carbons (Fsp3) is 0.125. The van der Waals surface area contributed by atoms with Crippen LogP contribution < -0.4 is 11.5 Å². The molecular weight excluding hydrogens is 152 g/mol. The van der Waals surface area contributed by atoms with E-state index in [4.69, 9.17) is 11.5 Å². The van der Waals surface area contributed by atoms with Crippen LogP contribution in [0.15, 0.2) is 24.5 Å². The molecule has 2 heterocycles. The lowest BCUT2D eigenvalue weighted by molar-refractivity contribution is 1.02. The van der Waals surface area contributed by atoms with Gasteiger partial charge in [0.05, 0.1) is 5.69 Å². The smallest absolute Gasteiger partial charge is 0.139 e. The first kappa shape index (κ1) is 7.12. The van der Waals surface area contributed by atoms with E-state index in [1.165, 1.54) is 0 Å². The maximum Gasteiger partial charge on any atom is 0.139 e. The van der Waals surface area contributed by atoms with Crippen molar-refractivity contribution in [3.63, 3.8) is 0 Å². The molecule has 2 aromatic heterocycles. The summed E-state index contributed by atoms with van der Waals surface area (Å²) in [5.74, 6) is 0. The number of aromatic nitrogens is 2. The first-order valence-corrected chi connectivity index (χ1v) is 3.73. The standard InChI is InChI=1S/C8H10N4/c9-4-7-5-12-2-1-6(10)3-8(12)11-7/h1-3,5H,4,9-10H2. The van der Waals surface area contributed by atoms with E-state index in [0.717, 1.165) is 17.0 Å². The molecule has 0 atom stereocenters. The molecule has 0 unspecified atom stereocenters. The third-order valence-electron chi connectivity index (χ3n) is 1.74. The Balaban J connectivity index is 2.67. The highest BCUT2D eigenvalue weighted by Crippen LogP contribution is 2.08. The fourth-order valence-corrected chi connectivity index (χ4v) is 1.15. The Kier molecular flexibility index (Phi) is 1.48. The van der Waals surface area contributed by atoms with Gasteiger partial charge in [-0.25, -0.2) is 4.98 Å². The molecule has 0 fully saturated rings. The molecule has 0 bridgehead atoms. The average molecular weight is 162 g/mol. The first-order chi connectivity index (χ1) is 5.79. The van der Waals surface area contributed by atoms with Gasteiger partial charge in [-0.2, -0.15) is 0 Å². The predicted molar refractivity (Wildman–Crippen MR) is 47.5 cm³/mol. The largest absolute Gasteiger partial charge is 0.399 e. The van der Waals surface area contributed by atoms with Gasteiger partial charge in [0, 0.05) is 30.7 Å². The van der Waals surface area contributed by atoms with Crippen molar-refractivity contribution in [1.29, 1.82) is 0 Å². The molecule has 12 heavy (non-hydrogen) atoms. The van der Waals surface area contributed by atoms with Gasteiger partial charge in [0.2, 0.25) is 0 Å². The van der Waals surface area contributed by atoms with Crippen LogP contribution in [0.1, 0.15) is 5.69 Å². The van der Waals surface area contributed by atoms with Crippen molar-refractivity contribution in [3.05, 3.63) is 30.2 Å². The third-order valence-corrected chi connectivity index (χ3v) is 1.74. The van der Waals surface area contributed by atoms with E-state index in [9.17, 15) is 0 Å². The number of nitrogen functional groups attached to an aromatic ring is 1. The van der Waals surface area contributed by atoms with E-state index >= 15 is 0 Å². The molecule has 0 aromatic carbocycles. The van der Waals surface area contributed by atoms with Gasteiger partial charge in [-0.05, 0) is 6.07 Å². The lowest BCUT2D eigenvalue weighted by Gasteiger charge is -1.92. The molecule has 4 N–H and O–H groups in total. The van der Waals surface area contributed by atoms with E-state index < -0.39 is 0 Å². The van der Waals surface area contributed by atoms with E-state index in [0.29, 0.717) is 6.54 Å².